The quantitative estimate of drug-likeness (QED) is 0.123. The molecule has 254 valence electrons. The largest absolute Gasteiger partial charge is 0.573 e. The van der Waals surface area contributed by atoms with Gasteiger partial charge in [0.2, 0.25) is 0 Å². The minimum atomic E-state index is -5.26. The van der Waals surface area contributed by atoms with Crippen LogP contribution < -0.4 is 9.47 Å². The van der Waals surface area contributed by atoms with Gasteiger partial charge in [-0.2, -0.15) is 8.78 Å². The molecule has 1 aliphatic carbocycles. The zero-order valence-corrected chi connectivity index (χ0v) is 25.6. The fraction of sp³-hybridized carbons (Fsp3) is 0.306. The van der Waals surface area contributed by atoms with E-state index >= 15 is 4.39 Å². The van der Waals surface area contributed by atoms with Crippen LogP contribution in [0.2, 0.25) is 0 Å². The molecule has 0 N–H and O–H groups in total. The summed E-state index contributed by atoms with van der Waals surface area (Å²) in [6.07, 6.45) is 2.77. The molecule has 0 aliphatic heterocycles. The summed E-state index contributed by atoms with van der Waals surface area (Å²) in [6, 6.07) is 9.55. The lowest BCUT2D eigenvalue weighted by molar-refractivity contribution is -0.275. The van der Waals surface area contributed by atoms with Gasteiger partial charge in [-0.05, 0) is 105 Å². The number of hydrogen-bond acceptors (Lipinski definition) is 3. The summed E-state index contributed by atoms with van der Waals surface area (Å²) in [5, 5.41) is 0. The highest BCUT2D eigenvalue weighted by Crippen LogP contribution is 2.40. The van der Waals surface area contributed by atoms with Crippen LogP contribution in [0, 0.1) is 29.2 Å². The Morgan fingerprint density at radius 1 is 0.750 bits per heavy atom. The molecular weight excluding hydrogens is 649 g/mol. The van der Waals surface area contributed by atoms with Crippen LogP contribution in [0.4, 0.5) is 39.5 Å². The summed E-state index contributed by atoms with van der Waals surface area (Å²) < 4.78 is 133. The second-order valence-electron chi connectivity index (χ2n) is 11.6. The molecule has 0 amide bonds. The number of ether oxygens (including phenoxy) is 2. The van der Waals surface area contributed by atoms with Gasteiger partial charge in [-0.15, -0.1) is 13.2 Å². The molecule has 0 atom stereocenters. The van der Waals surface area contributed by atoms with Crippen LogP contribution in [-0.4, -0.2) is 11.3 Å². The van der Waals surface area contributed by atoms with E-state index in [1.54, 1.807) is 12.3 Å². The van der Waals surface area contributed by atoms with Gasteiger partial charge in [0.1, 0.15) is 28.8 Å². The van der Waals surface area contributed by atoms with Crippen molar-refractivity contribution in [3.05, 3.63) is 113 Å². The molecule has 12 heteroatoms. The number of rotatable bonds is 10. The van der Waals surface area contributed by atoms with Gasteiger partial charge in [0.25, 0.3) is 0 Å². The van der Waals surface area contributed by atoms with Crippen LogP contribution >= 0.6 is 0 Å². The molecule has 5 rings (SSSR count). The Morgan fingerprint density at radius 3 is 2.02 bits per heavy atom. The van der Waals surface area contributed by atoms with Crippen molar-refractivity contribution in [3.8, 4) is 33.9 Å². The Labute approximate surface area is 271 Å². The van der Waals surface area contributed by atoms with Gasteiger partial charge in [0, 0.05) is 23.4 Å². The molecule has 1 aliphatic rings. The van der Waals surface area contributed by atoms with Crippen molar-refractivity contribution in [3.63, 3.8) is 0 Å². The van der Waals surface area contributed by atoms with Crippen molar-refractivity contribution in [1.82, 2.24) is 4.98 Å². The number of hydrogen-bond donors (Lipinski definition) is 0. The second kappa shape index (κ2) is 14.3. The molecular formula is C36H30F9NO2. The maximum absolute atomic E-state index is 15.2. The normalized spacial score (nSPS) is 17.1. The third-order valence-electron chi connectivity index (χ3n) is 8.37. The Balaban J connectivity index is 1.28. The molecule has 0 unspecified atom stereocenters. The lowest BCUT2D eigenvalue weighted by Gasteiger charge is -2.28. The van der Waals surface area contributed by atoms with Crippen LogP contribution in [0.1, 0.15) is 62.5 Å². The summed E-state index contributed by atoms with van der Waals surface area (Å²) >= 11 is 0. The molecule has 4 aromatic rings. The molecule has 0 radical (unpaired) electrons. The highest BCUT2D eigenvalue weighted by Gasteiger charge is 2.42. The number of alkyl halides is 5. The molecule has 1 saturated carbocycles. The molecule has 48 heavy (non-hydrogen) atoms. The summed E-state index contributed by atoms with van der Waals surface area (Å²) in [4.78, 5) is 4.50. The number of aromatic nitrogens is 1. The number of benzene rings is 3. The van der Waals surface area contributed by atoms with E-state index in [-0.39, 0.29) is 11.6 Å². The lowest BCUT2D eigenvalue weighted by Crippen LogP contribution is -2.25. The van der Waals surface area contributed by atoms with E-state index in [2.05, 4.69) is 26.6 Å². The van der Waals surface area contributed by atoms with Gasteiger partial charge < -0.3 is 9.47 Å². The molecule has 0 spiro atoms. The molecule has 1 aromatic heterocycles. The predicted molar refractivity (Wildman–Crippen MR) is 161 cm³/mol. The first-order valence-electron chi connectivity index (χ1n) is 15.2. The predicted octanol–water partition coefficient (Wildman–Crippen LogP) is 11.6. The standard InChI is InChI=1S/C36H30F9NO2/c1-2-3-4-5-21-6-8-22(9-7-21)24-11-14-32(46-20-24)23-10-13-27(28(37)16-23)25-17-30(39)34(31(40)18-25)35(41,42)47-26-12-15-33(29(38)19-26)48-36(43,44)45/h2-3,10-22H,4-9H2,1H3. The first kappa shape index (κ1) is 34.8. The lowest BCUT2D eigenvalue weighted by atomic mass is 9.77. The third kappa shape index (κ3) is 8.32. The van der Waals surface area contributed by atoms with Crippen LogP contribution in [0.25, 0.3) is 22.4 Å². The molecule has 0 bridgehead atoms. The zero-order chi connectivity index (χ0) is 34.6. The zero-order valence-electron chi connectivity index (χ0n) is 25.6. The summed E-state index contributed by atoms with van der Waals surface area (Å²) in [5.41, 5.74) is -0.566. The fourth-order valence-electron chi connectivity index (χ4n) is 5.97. The van der Waals surface area contributed by atoms with E-state index < -0.39 is 58.4 Å². The molecule has 1 heterocycles. The molecule has 1 fully saturated rings. The fourth-order valence-corrected chi connectivity index (χ4v) is 5.97. The minimum Gasteiger partial charge on any atom is -0.429 e. The van der Waals surface area contributed by atoms with E-state index in [1.807, 2.05) is 13.0 Å². The highest BCUT2D eigenvalue weighted by atomic mass is 19.4. The van der Waals surface area contributed by atoms with Gasteiger partial charge in [-0.3, -0.25) is 4.98 Å². The SMILES string of the molecule is CC=CCCC1CCC(c2ccc(-c3ccc(-c4cc(F)c(C(F)(F)Oc5ccc(OC(F)(F)F)c(F)c5)c(F)c4)c(F)c3)nc2)CC1. The van der Waals surface area contributed by atoms with E-state index in [9.17, 15) is 35.1 Å². The maximum Gasteiger partial charge on any atom is 0.573 e. The smallest absolute Gasteiger partial charge is 0.429 e. The van der Waals surface area contributed by atoms with E-state index in [0.29, 0.717) is 41.4 Å². The summed E-state index contributed by atoms with van der Waals surface area (Å²) in [7, 11) is 0. The number of nitrogens with zero attached hydrogens (tertiary/aromatic N) is 1. The number of allylic oxidation sites excluding steroid dienone is 2. The first-order valence-corrected chi connectivity index (χ1v) is 15.2. The third-order valence-corrected chi connectivity index (χ3v) is 8.37. The maximum atomic E-state index is 15.2. The Morgan fingerprint density at radius 2 is 1.44 bits per heavy atom. The van der Waals surface area contributed by atoms with Crippen LogP contribution in [0.3, 0.4) is 0 Å². The minimum absolute atomic E-state index is 0.136. The molecule has 0 saturated heterocycles. The van der Waals surface area contributed by atoms with Gasteiger partial charge in [-0.25, -0.2) is 17.6 Å². The van der Waals surface area contributed by atoms with E-state index in [1.165, 1.54) is 18.6 Å². The highest BCUT2D eigenvalue weighted by molar-refractivity contribution is 5.70. The van der Waals surface area contributed by atoms with Gasteiger partial charge in [0.05, 0.1) is 5.69 Å². The Bertz CT molecular complexity index is 1740. The van der Waals surface area contributed by atoms with Gasteiger partial charge >= 0.3 is 12.5 Å². The number of pyridine rings is 1. The van der Waals surface area contributed by atoms with Crippen LogP contribution in [-0.2, 0) is 6.11 Å². The van der Waals surface area contributed by atoms with E-state index in [0.717, 1.165) is 49.7 Å². The van der Waals surface area contributed by atoms with E-state index in [4.69, 9.17) is 0 Å². The van der Waals surface area contributed by atoms with Crippen LogP contribution in [0.5, 0.6) is 11.5 Å². The molecule has 3 aromatic carbocycles. The van der Waals surface area contributed by atoms with Crippen molar-refractivity contribution in [2.45, 2.75) is 63.8 Å². The number of halogens is 9. The van der Waals surface area contributed by atoms with Crippen molar-refractivity contribution in [2.24, 2.45) is 5.92 Å². The van der Waals surface area contributed by atoms with Crippen molar-refractivity contribution in [2.75, 3.05) is 0 Å². The summed E-state index contributed by atoms with van der Waals surface area (Å²) in [5.74, 6) is -7.47. The van der Waals surface area contributed by atoms with Crippen molar-refractivity contribution >= 4 is 0 Å². The average molecular weight is 680 g/mol. The van der Waals surface area contributed by atoms with Gasteiger partial charge in [-0.1, -0.05) is 30.4 Å². The second-order valence-corrected chi connectivity index (χ2v) is 11.6. The average Bonchev–Trinajstić information content (AvgIpc) is 3.01. The topological polar surface area (TPSA) is 31.4 Å². The molecule has 3 nitrogen and oxygen atoms in total. The first-order chi connectivity index (χ1) is 22.7. The van der Waals surface area contributed by atoms with Crippen molar-refractivity contribution in [1.29, 1.82) is 0 Å². The summed E-state index contributed by atoms with van der Waals surface area (Å²) in [6.45, 7) is 2.02. The monoisotopic (exact) mass is 679 g/mol. The van der Waals surface area contributed by atoms with Gasteiger partial charge in [0.15, 0.2) is 11.6 Å². The Hall–Kier alpha value is -4.48. The van der Waals surface area contributed by atoms with Crippen LogP contribution in [0.15, 0.2) is 79.0 Å². The van der Waals surface area contributed by atoms with Crippen molar-refractivity contribution < 1.29 is 49.0 Å². The Kier molecular flexibility index (Phi) is 10.4.